The highest BCUT2D eigenvalue weighted by molar-refractivity contribution is 7.92. The van der Waals surface area contributed by atoms with Crippen molar-refractivity contribution in [1.82, 2.24) is 5.32 Å². The van der Waals surface area contributed by atoms with Crippen LogP contribution < -0.4 is 10.0 Å². The van der Waals surface area contributed by atoms with Crippen molar-refractivity contribution in [3.8, 4) is 0 Å². The van der Waals surface area contributed by atoms with E-state index in [1.807, 2.05) is 0 Å². The number of hydrogen-bond acceptors (Lipinski definition) is 5. The van der Waals surface area contributed by atoms with Crippen molar-refractivity contribution in [2.45, 2.75) is 19.4 Å². The van der Waals surface area contributed by atoms with Gasteiger partial charge in [0.1, 0.15) is 0 Å². The molecule has 1 aromatic carbocycles. The summed E-state index contributed by atoms with van der Waals surface area (Å²) in [5.74, 6) is -1.86. The van der Waals surface area contributed by atoms with E-state index < -0.39 is 28.0 Å². The molecule has 0 aliphatic heterocycles. The predicted molar refractivity (Wildman–Crippen MR) is 84.9 cm³/mol. The van der Waals surface area contributed by atoms with Gasteiger partial charge in [-0.2, -0.15) is 0 Å². The molecule has 1 unspecified atom stereocenters. The van der Waals surface area contributed by atoms with E-state index in [1.165, 1.54) is 19.2 Å². The zero-order chi connectivity index (χ0) is 17.5. The van der Waals surface area contributed by atoms with E-state index in [1.54, 1.807) is 19.1 Å². The monoisotopic (exact) mass is 344 g/mol. The van der Waals surface area contributed by atoms with Crippen molar-refractivity contribution in [2.24, 2.45) is 0 Å². The van der Waals surface area contributed by atoms with E-state index >= 15 is 0 Å². The molecule has 1 rings (SSSR count). The van der Waals surface area contributed by atoms with Crippen LogP contribution in [-0.4, -0.2) is 50.9 Å². The Morgan fingerprint density at radius 3 is 2.52 bits per heavy atom. The zero-order valence-electron chi connectivity index (χ0n) is 12.9. The normalized spacial score (nSPS) is 12.4. The maximum Gasteiger partial charge on any atom is 0.334 e. The largest absolute Gasteiger partial charge is 0.479 e. The van der Waals surface area contributed by atoms with Crippen LogP contribution in [0.25, 0.3) is 0 Å². The molecule has 0 aliphatic rings. The van der Waals surface area contributed by atoms with Crippen LogP contribution in [0, 0.1) is 0 Å². The molecule has 0 heterocycles. The second-order valence-electron chi connectivity index (χ2n) is 4.74. The lowest BCUT2D eigenvalue weighted by atomic mass is 10.1. The summed E-state index contributed by atoms with van der Waals surface area (Å²) in [7, 11) is -2.32. The molecule has 0 spiro atoms. The third-order valence-corrected chi connectivity index (χ3v) is 4.39. The number of ether oxygens (including phenoxy) is 1. The standard InChI is InChI=1S/C14H20N2O6S/c1-3-8-23(20,21)16-11-7-5-4-6-10(11)13(17)15-9-12(22-2)14(18)19/h4-7,12,16H,3,8-9H2,1-2H3,(H,15,17)(H,18,19). The molecule has 0 fully saturated rings. The van der Waals surface area contributed by atoms with Gasteiger partial charge in [-0.25, -0.2) is 13.2 Å². The first-order valence-electron chi connectivity index (χ1n) is 6.94. The second kappa shape index (κ2) is 8.49. The number of carbonyl (C=O) groups is 2. The lowest BCUT2D eigenvalue weighted by molar-refractivity contribution is -0.148. The molecule has 0 saturated carbocycles. The lowest BCUT2D eigenvalue weighted by Crippen LogP contribution is -2.38. The summed E-state index contributed by atoms with van der Waals surface area (Å²) in [4.78, 5) is 23.0. The van der Waals surface area contributed by atoms with Crippen LogP contribution >= 0.6 is 0 Å². The van der Waals surface area contributed by atoms with E-state index in [0.29, 0.717) is 6.42 Å². The minimum Gasteiger partial charge on any atom is -0.479 e. The average Bonchev–Trinajstić information content (AvgIpc) is 2.47. The maximum absolute atomic E-state index is 12.2. The molecule has 8 nitrogen and oxygen atoms in total. The molecule has 0 saturated heterocycles. The van der Waals surface area contributed by atoms with E-state index in [0.717, 1.165) is 0 Å². The highest BCUT2D eigenvalue weighted by Gasteiger charge is 2.20. The van der Waals surface area contributed by atoms with Gasteiger partial charge in [0.05, 0.1) is 23.5 Å². The number of anilines is 1. The molecule has 128 valence electrons. The van der Waals surface area contributed by atoms with Crippen LogP contribution in [0.3, 0.4) is 0 Å². The second-order valence-corrected chi connectivity index (χ2v) is 6.58. The smallest absolute Gasteiger partial charge is 0.334 e. The van der Waals surface area contributed by atoms with Crippen LogP contribution in [0.2, 0.25) is 0 Å². The SMILES string of the molecule is CCCS(=O)(=O)Nc1ccccc1C(=O)NCC(OC)C(=O)O. The van der Waals surface area contributed by atoms with Crippen LogP contribution in [0.1, 0.15) is 23.7 Å². The average molecular weight is 344 g/mol. The molecule has 1 atom stereocenters. The fourth-order valence-electron chi connectivity index (χ4n) is 1.81. The van der Waals surface area contributed by atoms with Gasteiger partial charge in [-0.15, -0.1) is 0 Å². The van der Waals surface area contributed by atoms with Crippen LogP contribution in [-0.2, 0) is 19.6 Å². The highest BCUT2D eigenvalue weighted by atomic mass is 32.2. The number of carboxylic acid groups (broad SMARTS) is 1. The molecule has 0 radical (unpaired) electrons. The van der Waals surface area contributed by atoms with Gasteiger partial charge in [0.2, 0.25) is 10.0 Å². The maximum atomic E-state index is 12.2. The number of rotatable bonds is 9. The minimum absolute atomic E-state index is 0.0618. The van der Waals surface area contributed by atoms with Gasteiger partial charge in [-0.05, 0) is 18.6 Å². The molecule has 9 heteroatoms. The number of benzene rings is 1. The minimum atomic E-state index is -3.54. The molecule has 0 aromatic heterocycles. The number of amides is 1. The summed E-state index contributed by atoms with van der Waals surface area (Å²) >= 11 is 0. The topological polar surface area (TPSA) is 122 Å². The molecule has 1 amide bonds. The number of nitrogens with one attached hydrogen (secondary N) is 2. The Morgan fingerprint density at radius 1 is 1.30 bits per heavy atom. The van der Waals surface area contributed by atoms with Crippen molar-refractivity contribution < 1.29 is 27.9 Å². The number of para-hydroxylation sites is 1. The van der Waals surface area contributed by atoms with Gasteiger partial charge in [-0.1, -0.05) is 19.1 Å². The summed E-state index contributed by atoms with van der Waals surface area (Å²) in [6.45, 7) is 1.50. The van der Waals surface area contributed by atoms with Gasteiger partial charge in [-0.3, -0.25) is 9.52 Å². The number of aliphatic carboxylic acids is 1. The Morgan fingerprint density at radius 2 is 1.96 bits per heavy atom. The Hall–Kier alpha value is -2.13. The van der Waals surface area contributed by atoms with Gasteiger partial charge < -0.3 is 15.2 Å². The third kappa shape index (κ3) is 5.87. The fraction of sp³-hybridized carbons (Fsp3) is 0.429. The Bertz CT molecular complexity index is 659. The highest BCUT2D eigenvalue weighted by Crippen LogP contribution is 2.17. The fourth-order valence-corrected chi connectivity index (χ4v) is 2.96. The van der Waals surface area contributed by atoms with Crippen LogP contribution in [0.4, 0.5) is 5.69 Å². The number of carbonyl (C=O) groups excluding carboxylic acids is 1. The third-order valence-electron chi connectivity index (χ3n) is 2.92. The molecule has 0 aliphatic carbocycles. The van der Waals surface area contributed by atoms with Crippen LogP contribution in [0.15, 0.2) is 24.3 Å². The predicted octanol–water partition coefficient (Wildman–Crippen LogP) is 0.668. The number of sulfonamides is 1. The molecular weight excluding hydrogens is 324 g/mol. The van der Waals surface area contributed by atoms with Crippen molar-refractivity contribution in [2.75, 3.05) is 24.1 Å². The lowest BCUT2D eigenvalue weighted by Gasteiger charge is -2.14. The van der Waals surface area contributed by atoms with Gasteiger partial charge in [0.25, 0.3) is 5.91 Å². The summed E-state index contributed by atoms with van der Waals surface area (Å²) in [6, 6.07) is 6.09. The first-order chi connectivity index (χ1) is 10.8. The van der Waals surface area contributed by atoms with E-state index in [4.69, 9.17) is 9.84 Å². The van der Waals surface area contributed by atoms with Crippen LogP contribution in [0.5, 0.6) is 0 Å². The summed E-state index contributed by atoms with van der Waals surface area (Å²) in [5.41, 5.74) is 0.246. The van der Waals surface area contributed by atoms with Gasteiger partial charge in [0.15, 0.2) is 6.10 Å². The summed E-state index contributed by atoms with van der Waals surface area (Å²) < 4.78 is 30.7. The van der Waals surface area contributed by atoms with Crippen molar-refractivity contribution in [3.63, 3.8) is 0 Å². The Labute approximate surface area is 134 Å². The number of methoxy groups -OCH3 is 1. The van der Waals surface area contributed by atoms with E-state index in [9.17, 15) is 18.0 Å². The zero-order valence-corrected chi connectivity index (χ0v) is 13.7. The molecule has 0 bridgehead atoms. The van der Waals surface area contributed by atoms with E-state index in [-0.39, 0.29) is 23.5 Å². The molecule has 23 heavy (non-hydrogen) atoms. The summed E-state index contributed by atoms with van der Waals surface area (Å²) in [6.07, 6.45) is -0.736. The number of hydrogen-bond donors (Lipinski definition) is 3. The molecule has 3 N–H and O–H groups in total. The molecule has 1 aromatic rings. The first kappa shape index (κ1) is 18.9. The van der Waals surface area contributed by atoms with Gasteiger partial charge >= 0.3 is 5.97 Å². The van der Waals surface area contributed by atoms with Crippen molar-refractivity contribution in [3.05, 3.63) is 29.8 Å². The Balaban J connectivity index is 2.88. The van der Waals surface area contributed by atoms with Gasteiger partial charge in [0, 0.05) is 7.11 Å². The summed E-state index contributed by atoms with van der Waals surface area (Å²) in [5, 5.41) is 11.3. The van der Waals surface area contributed by atoms with E-state index in [2.05, 4.69) is 10.0 Å². The number of carboxylic acids is 1. The van der Waals surface area contributed by atoms with Crippen molar-refractivity contribution in [1.29, 1.82) is 0 Å². The molecular formula is C14H20N2O6S. The van der Waals surface area contributed by atoms with Crippen molar-refractivity contribution >= 4 is 27.6 Å². The quantitative estimate of drug-likeness (QED) is 0.605. The Kier molecular flexibility index (Phi) is 6.98. The first-order valence-corrected chi connectivity index (χ1v) is 8.59.